The first-order chi connectivity index (χ1) is 9.54. The maximum Gasteiger partial charge on any atom is 0.148 e. The van der Waals surface area contributed by atoms with E-state index >= 15 is 0 Å². The van der Waals surface area contributed by atoms with E-state index < -0.39 is 6.10 Å². The Hall–Kier alpha value is -1.72. The maximum absolute atomic E-state index is 9.85. The predicted molar refractivity (Wildman–Crippen MR) is 79.4 cm³/mol. The van der Waals surface area contributed by atoms with Crippen molar-refractivity contribution in [3.8, 4) is 5.75 Å². The molecule has 0 aliphatic carbocycles. The van der Waals surface area contributed by atoms with Gasteiger partial charge in [-0.1, -0.05) is 11.6 Å². The molecular formula is C14H18ClN3O2. The van der Waals surface area contributed by atoms with Crippen molar-refractivity contribution in [1.29, 1.82) is 0 Å². The molecule has 0 amide bonds. The number of rotatable bonds is 6. The van der Waals surface area contributed by atoms with Gasteiger partial charge in [0.25, 0.3) is 0 Å². The molecule has 2 N–H and O–H groups in total. The van der Waals surface area contributed by atoms with Crippen molar-refractivity contribution < 1.29 is 9.84 Å². The van der Waals surface area contributed by atoms with Gasteiger partial charge in [0.1, 0.15) is 24.3 Å². The minimum Gasteiger partial charge on any atom is -0.491 e. The van der Waals surface area contributed by atoms with E-state index in [1.807, 2.05) is 32.3 Å². The first-order valence-electron chi connectivity index (χ1n) is 6.35. The smallest absolute Gasteiger partial charge is 0.148 e. The zero-order valence-corrected chi connectivity index (χ0v) is 12.3. The number of aliphatic hydroxyl groups excluding tert-OH is 1. The van der Waals surface area contributed by atoms with Crippen molar-refractivity contribution in [2.45, 2.75) is 13.0 Å². The highest BCUT2D eigenvalue weighted by atomic mass is 35.5. The van der Waals surface area contributed by atoms with Crippen molar-refractivity contribution >= 4 is 17.4 Å². The topological polar surface area (TPSA) is 59.3 Å². The van der Waals surface area contributed by atoms with Crippen LogP contribution in [0.25, 0.3) is 0 Å². The normalized spacial score (nSPS) is 12.2. The Bertz CT molecular complexity index is 571. The van der Waals surface area contributed by atoms with E-state index in [2.05, 4.69) is 10.4 Å². The monoisotopic (exact) mass is 295 g/mol. The van der Waals surface area contributed by atoms with Gasteiger partial charge in [-0.25, -0.2) is 0 Å². The van der Waals surface area contributed by atoms with Crippen molar-refractivity contribution in [2.75, 3.05) is 18.5 Å². The Morgan fingerprint density at radius 1 is 1.45 bits per heavy atom. The summed E-state index contributed by atoms with van der Waals surface area (Å²) in [5.74, 6) is 1.43. The fraction of sp³-hybridized carbons (Fsp3) is 0.357. The van der Waals surface area contributed by atoms with E-state index in [0.717, 1.165) is 11.4 Å². The van der Waals surface area contributed by atoms with Gasteiger partial charge in [-0.15, -0.1) is 0 Å². The molecule has 6 heteroatoms. The molecule has 0 aliphatic heterocycles. The van der Waals surface area contributed by atoms with Gasteiger partial charge in [-0.05, 0) is 30.7 Å². The molecule has 5 nitrogen and oxygen atoms in total. The van der Waals surface area contributed by atoms with Crippen molar-refractivity contribution in [1.82, 2.24) is 9.78 Å². The van der Waals surface area contributed by atoms with Crippen LogP contribution in [-0.4, -0.2) is 34.1 Å². The SMILES string of the molecule is Cc1cc(OCC(O)CNc2ccn(C)n2)ccc1Cl. The lowest BCUT2D eigenvalue weighted by molar-refractivity contribution is 0.117. The fourth-order valence-corrected chi connectivity index (χ4v) is 1.81. The number of halogens is 1. The van der Waals surface area contributed by atoms with Crippen LogP contribution < -0.4 is 10.1 Å². The second-order valence-corrected chi connectivity index (χ2v) is 5.04. The highest BCUT2D eigenvalue weighted by molar-refractivity contribution is 6.31. The van der Waals surface area contributed by atoms with Crippen LogP contribution in [0.5, 0.6) is 5.75 Å². The Kier molecular flexibility index (Phi) is 4.87. The number of ether oxygens (including phenoxy) is 1. The van der Waals surface area contributed by atoms with Crippen LogP contribution in [0.1, 0.15) is 5.56 Å². The molecular weight excluding hydrogens is 278 g/mol. The van der Waals surface area contributed by atoms with Crippen LogP contribution in [0.3, 0.4) is 0 Å². The first-order valence-corrected chi connectivity index (χ1v) is 6.73. The molecule has 0 aliphatic rings. The number of aryl methyl sites for hydroxylation is 2. The van der Waals surface area contributed by atoms with Crippen LogP contribution in [0.15, 0.2) is 30.5 Å². The van der Waals surface area contributed by atoms with E-state index in [9.17, 15) is 5.11 Å². The van der Waals surface area contributed by atoms with E-state index in [1.54, 1.807) is 16.8 Å². The third-order valence-corrected chi connectivity index (χ3v) is 3.23. The van der Waals surface area contributed by atoms with Crippen LogP contribution in [0, 0.1) is 6.92 Å². The number of nitrogens with one attached hydrogen (secondary N) is 1. The molecule has 0 saturated carbocycles. The quantitative estimate of drug-likeness (QED) is 0.858. The molecule has 20 heavy (non-hydrogen) atoms. The van der Waals surface area contributed by atoms with E-state index in [1.165, 1.54) is 0 Å². The van der Waals surface area contributed by atoms with Crippen LogP contribution in [-0.2, 0) is 7.05 Å². The molecule has 1 unspecified atom stereocenters. The van der Waals surface area contributed by atoms with Gasteiger partial charge in [0.2, 0.25) is 0 Å². The highest BCUT2D eigenvalue weighted by Gasteiger charge is 2.07. The average molecular weight is 296 g/mol. The average Bonchev–Trinajstić information content (AvgIpc) is 2.83. The van der Waals surface area contributed by atoms with E-state index in [4.69, 9.17) is 16.3 Å². The van der Waals surface area contributed by atoms with Gasteiger partial charge in [0.15, 0.2) is 0 Å². The lowest BCUT2D eigenvalue weighted by Crippen LogP contribution is -2.26. The zero-order chi connectivity index (χ0) is 14.5. The molecule has 1 aromatic heterocycles. The Balaban J connectivity index is 1.77. The number of aromatic nitrogens is 2. The van der Waals surface area contributed by atoms with Crippen molar-refractivity contribution in [3.05, 3.63) is 41.0 Å². The van der Waals surface area contributed by atoms with Gasteiger partial charge in [0, 0.05) is 30.9 Å². The molecule has 1 aromatic carbocycles. The van der Waals surface area contributed by atoms with E-state index in [-0.39, 0.29) is 6.61 Å². The minimum atomic E-state index is -0.618. The summed E-state index contributed by atoms with van der Waals surface area (Å²) in [6.45, 7) is 2.50. The third-order valence-electron chi connectivity index (χ3n) is 2.80. The lowest BCUT2D eigenvalue weighted by atomic mass is 10.2. The summed E-state index contributed by atoms with van der Waals surface area (Å²) in [6, 6.07) is 7.26. The summed E-state index contributed by atoms with van der Waals surface area (Å²) in [6.07, 6.45) is 1.22. The first kappa shape index (κ1) is 14.7. The molecule has 0 spiro atoms. The summed E-state index contributed by atoms with van der Waals surface area (Å²) in [5, 5.41) is 17.8. The predicted octanol–water partition coefficient (Wildman–Crippen LogP) is 2.23. The largest absolute Gasteiger partial charge is 0.491 e. The number of nitrogens with zero attached hydrogens (tertiary/aromatic N) is 2. The molecule has 2 rings (SSSR count). The van der Waals surface area contributed by atoms with Crippen molar-refractivity contribution in [2.24, 2.45) is 7.05 Å². The third kappa shape index (κ3) is 4.15. The molecule has 0 fully saturated rings. The van der Waals surface area contributed by atoms with Gasteiger partial charge >= 0.3 is 0 Å². The Morgan fingerprint density at radius 3 is 2.90 bits per heavy atom. The standard InChI is InChI=1S/C14H18ClN3O2/c1-10-7-12(3-4-13(10)15)20-9-11(19)8-16-14-5-6-18(2)17-14/h3-7,11,19H,8-9H2,1-2H3,(H,16,17). The van der Waals surface area contributed by atoms with Crippen LogP contribution in [0.4, 0.5) is 5.82 Å². The van der Waals surface area contributed by atoms with Gasteiger partial charge in [0.05, 0.1) is 0 Å². The molecule has 1 heterocycles. The zero-order valence-electron chi connectivity index (χ0n) is 11.5. The number of aliphatic hydroxyl groups is 1. The highest BCUT2D eigenvalue weighted by Crippen LogP contribution is 2.21. The second kappa shape index (κ2) is 6.63. The fourth-order valence-electron chi connectivity index (χ4n) is 1.69. The van der Waals surface area contributed by atoms with E-state index in [0.29, 0.717) is 17.3 Å². The minimum absolute atomic E-state index is 0.209. The van der Waals surface area contributed by atoms with Crippen molar-refractivity contribution in [3.63, 3.8) is 0 Å². The second-order valence-electron chi connectivity index (χ2n) is 4.63. The van der Waals surface area contributed by atoms with Gasteiger partial charge in [-0.2, -0.15) is 5.10 Å². The molecule has 0 saturated heterocycles. The number of hydrogen-bond acceptors (Lipinski definition) is 4. The summed E-state index contributed by atoms with van der Waals surface area (Å²) in [4.78, 5) is 0. The Morgan fingerprint density at radius 2 is 2.25 bits per heavy atom. The lowest BCUT2D eigenvalue weighted by Gasteiger charge is -2.13. The summed E-state index contributed by atoms with van der Waals surface area (Å²) >= 11 is 5.94. The summed E-state index contributed by atoms with van der Waals surface area (Å²) in [5.41, 5.74) is 0.949. The molecule has 1 atom stereocenters. The molecule has 108 valence electrons. The number of anilines is 1. The summed E-state index contributed by atoms with van der Waals surface area (Å²) in [7, 11) is 1.84. The number of hydrogen-bond donors (Lipinski definition) is 2. The molecule has 2 aromatic rings. The molecule has 0 bridgehead atoms. The van der Waals surface area contributed by atoms with Gasteiger partial charge < -0.3 is 15.2 Å². The van der Waals surface area contributed by atoms with Gasteiger partial charge in [-0.3, -0.25) is 4.68 Å². The molecule has 0 radical (unpaired) electrons. The maximum atomic E-state index is 9.85. The van der Waals surface area contributed by atoms with Crippen LogP contribution >= 0.6 is 11.6 Å². The van der Waals surface area contributed by atoms with Crippen LogP contribution in [0.2, 0.25) is 5.02 Å². The Labute approximate surface area is 123 Å². The number of benzene rings is 1. The summed E-state index contributed by atoms with van der Waals surface area (Å²) < 4.78 is 7.22.